The van der Waals surface area contributed by atoms with Crippen LogP contribution in [-0.4, -0.2) is 43.4 Å². The van der Waals surface area contributed by atoms with Crippen molar-refractivity contribution in [2.75, 3.05) is 28.3 Å². The molecule has 1 saturated heterocycles. The van der Waals surface area contributed by atoms with Gasteiger partial charge in [0.25, 0.3) is 5.91 Å². The molecule has 6 nitrogen and oxygen atoms in total. The molecular formula is C18H20FN3O3S. The van der Waals surface area contributed by atoms with Gasteiger partial charge in [-0.05, 0) is 37.6 Å². The van der Waals surface area contributed by atoms with E-state index in [9.17, 15) is 17.6 Å². The van der Waals surface area contributed by atoms with E-state index in [1.54, 1.807) is 24.3 Å². The lowest BCUT2D eigenvalue weighted by molar-refractivity contribution is 0.102. The van der Waals surface area contributed by atoms with Crippen LogP contribution in [0.3, 0.4) is 0 Å². The molecule has 8 heteroatoms. The zero-order valence-electron chi connectivity index (χ0n) is 14.4. The Balaban J connectivity index is 1.81. The fraction of sp³-hybridized carbons (Fsp3) is 0.333. The third-order valence-corrected chi connectivity index (χ3v) is 6.17. The highest BCUT2D eigenvalue weighted by molar-refractivity contribution is 7.91. The number of nitrogens with zero attached hydrogens (tertiary/aromatic N) is 2. The number of nitrogens with one attached hydrogen (secondary N) is 1. The lowest BCUT2D eigenvalue weighted by Gasteiger charge is -2.29. The summed E-state index contributed by atoms with van der Waals surface area (Å²) in [6.07, 6.45) is 2.06. The molecule has 1 fully saturated rings. The van der Waals surface area contributed by atoms with Crippen LogP contribution >= 0.6 is 0 Å². The third kappa shape index (κ3) is 4.01. The molecule has 1 aliphatic rings. The summed E-state index contributed by atoms with van der Waals surface area (Å²) < 4.78 is 37.2. The van der Waals surface area contributed by atoms with E-state index in [-0.39, 0.29) is 28.9 Å². The highest BCUT2D eigenvalue weighted by atomic mass is 32.2. The number of aromatic nitrogens is 1. The first-order chi connectivity index (χ1) is 12.4. The number of anilines is 2. The number of hydrogen-bond acceptors (Lipinski definition) is 5. The van der Waals surface area contributed by atoms with Crippen molar-refractivity contribution in [3.8, 4) is 0 Å². The van der Waals surface area contributed by atoms with Crippen LogP contribution in [0.2, 0.25) is 0 Å². The zero-order chi connectivity index (χ0) is 18.7. The highest BCUT2D eigenvalue weighted by Gasteiger charge is 2.32. The van der Waals surface area contributed by atoms with Crippen LogP contribution in [0.5, 0.6) is 0 Å². The Bertz CT molecular complexity index is 917. The van der Waals surface area contributed by atoms with Crippen LogP contribution in [0.15, 0.2) is 42.6 Å². The molecule has 0 radical (unpaired) electrons. The Morgan fingerprint density at radius 2 is 2.12 bits per heavy atom. The fourth-order valence-electron chi connectivity index (χ4n) is 3.14. The monoisotopic (exact) mass is 377 g/mol. The predicted octanol–water partition coefficient (Wildman–Crippen LogP) is 2.49. The number of amides is 1. The molecule has 0 saturated carbocycles. The molecule has 0 bridgehead atoms. The minimum Gasteiger partial charge on any atom is -0.368 e. The molecule has 1 aliphatic heterocycles. The second-order valence-corrected chi connectivity index (χ2v) is 8.40. The van der Waals surface area contributed by atoms with Crippen LogP contribution in [0.1, 0.15) is 23.8 Å². The van der Waals surface area contributed by atoms with Crippen molar-refractivity contribution in [1.82, 2.24) is 4.98 Å². The Morgan fingerprint density at radius 3 is 2.77 bits per heavy atom. The van der Waals surface area contributed by atoms with E-state index in [0.29, 0.717) is 13.0 Å². The average molecular weight is 377 g/mol. The number of carbonyl (C=O) groups excluding carboxylic acids is 1. The molecule has 2 aromatic rings. The van der Waals surface area contributed by atoms with Gasteiger partial charge in [0.15, 0.2) is 9.84 Å². The first kappa shape index (κ1) is 18.3. The van der Waals surface area contributed by atoms with Gasteiger partial charge in [-0.25, -0.2) is 12.8 Å². The van der Waals surface area contributed by atoms with Crippen molar-refractivity contribution in [3.63, 3.8) is 0 Å². The predicted molar refractivity (Wildman–Crippen MR) is 98.7 cm³/mol. The number of carbonyl (C=O) groups is 1. The highest BCUT2D eigenvalue weighted by Crippen LogP contribution is 2.25. The van der Waals surface area contributed by atoms with Gasteiger partial charge in [0.1, 0.15) is 11.5 Å². The number of sulfone groups is 1. The minimum absolute atomic E-state index is 0.0823. The lowest BCUT2D eigenvalue weighted by Crippen LogP contribution is -2.36. The van der Waals surface area contributed by atoms with Gasteiger partial charge in [-0.2, -0.15) is 0 Å². The molecule has 1 amide bonds. The molecule has 1 aromatic heterocycles. The van der Waals surface area contributed by atoms with Crippen molar-refractivity contribution in [1.29, 1.82) is 0 Å². The summed E-state index contributed by atoms with van der Waals surface area (Å²) in [5, 5.41) is 2.50. The lowest BCUT2D eigenvalue weighted by atomic mass is 10.2. The van der Waals surface area contributed by atoms with E-state index in [2.05, 4.69) is 10.3 Å². The first-order valence-corrected chi connectivity index (χ1v) is 10.2. The number of rotatable bonds is 5. The van der Waals surface area contributed by atoms with Crippen molar-refractivity contribution in [2.24, 2.45) is 0 Å². The number of benzene rings is 1. The summed E-state index contributed by atoms with van der Waals surface area (Å²) in [7, 11) is -3.01. The van der Waals surface area contributed by atoms with E-state index in [1.165, 1.54) is 18.3 Å². The summed E-state index contributed by atoms with van der Waals surface area (Å²) in [6.45, 7) is 2.54. The molecular weight excluding hydrogens is 357 g/mol. The maximum absolute atomic E-state index is 13.7. The van der Waals surface area contributed by atoms with E-state index >= 15 is 0 Å². The Hall–Kier alpha value is -2.48. The summed E-state index contributed by atoms with van der Waals surface area (Å²) in [4.78, 5) is 18.4. The normalized spacial score (nSPS) is 18.5. The summed E-state index contributed by atoms with van der Waals surface area (Å²) in [5.41, 5.74) is 0.951. The van der Waals surface area contributed by atoms with Gasteiger partial charge in [0.05, 0.1) is 17.2 Å². The topological polar surface area (TPSA) is 79.4 Å². The van der Waals surface area contributed by atoms with Crippen LogP contribution in [0.4, 0.5) is 15.8 Å². The van der Waals surface area contributed by atoms with Crippen molar-refractivity contribution >= 4 is 27.1 Å². The summed E-state index contributed by atoms with van der Waals surface area (Å²) in [6, 6.07) is 9.13. The van der Waals surface area contributed by atoms with E-state index in [4.69, 9.17) is 0 Å². The Morgan fingerprint density at radius 1 is 1.35 bits per heavy atom. The van der Waals surface area contributed by atoms with Crippen LogP contribution in [0.25, 0.3) is 0 Å². The van der Waals surface area contributed by atoms with Crippen molar-refractivity contribution in [2.45, 2.75) is 19.4 Å². The molecule has 0 aliphatic carbocycles. The van der Waals surface area contributed by atoms with E-state index < -0.39 is 21.6 Å². The third-order valence-electron chi connectivity index (χ3n) is 4.42. The molecule has 1 aromatic carbocycles. The average Bonchev–Trinajstić information content (AvgIpc) is 2.97. The first-order valence-electron chi connectivity index (χ1n) is 8.38. The second kappa shape index (κ2) is 7.41. The van der Waals surface area contributed by atoms with Gasteiger partial charge in [-0.3, -0.25) is 9.78 Å². The second-order valence-electron chi connectivity index (χ2n) is 6.18. The summed E-state index contributed by atoms with van der Waals surface area (Å²) in [5.74, 6) is -0.754. The molecule has 1 N–H and O–H groups in total. The number of pyridine rings is 1. The van der Waals surface area contributed by atoms with Gasteiger partial charge in [0, 0.05) is 24.5 Å². The molecule has 26 heavy (non-hydrogen) atoms. The molecule has 1 atom stereocenters. The molecule has 0 spiro atoms. The summed E-state index contributed by atoms with van der Waals surface area (Å²) >= 11 is 0. The molecule has 1 unspecified atom stereocenters. The van der Waals surface area contributed by atoms with E-state index in [0.717, 1.165) is 5.69 Å². The van der Waals surface area contributed by atoms with Crippen LogP contribution < -0.4 is 10.2 Å². The molecule has 138 valence electrons. The number of halogens is 1. The largest absolute Gasteiger partial charge is 0.368 e. The molecule has 2 heterocycles. The van der Waals surface area contributed by atoms with Crippen LogP contribution in [0, 0.1) is 5.82 Å². The van der Waals surface area contributed by atoms with Gasteiger partial charge in [-0.15, -0.1) is 0 Å². The SMILES string of the molecule is CCN(c1ccnc(C(=O)Nc2ccccc2F)c1)C1CCS(=O)(=O)C1. The Labute approximate surface area is 152 Å². The smallest absolute Gasteiger partial charge is 0.274 e. The van der Waals surface area contributed by atoms with Crippen LogP contribution in [-0.2, 0) is 9.84 Å². The minimum atomic E-state index is -3.01. The Kier molecular flexibility index (Phi) is 5.22. The number of hydrogen-bond donors (Lipinski definition) is 1. The maximum atomic E-state index is 13.7. The zero-order valence-corrected chi connectivity index (χ0v) is 15.2. The van der Waals surface area contributed by atoms with Gasteiger partial charge in [0.2, 0.25) is 0 Å². The van der Waals surface area contributed by atoms with Gasteiger partial charge >= 0.3 is 0 Å². The van der Waals surface area contributed by atoms with Gasteiger partial charge < -0.3 is 10.2 Å². The van der Waals surface area contributed by atoms with Crippen molar-refractivity contribution in [3.05, 3.63) is 54.1 Å². The quantitative estimate of drug-likeness (QED) is 0.866. The standard InChI is InChI=1S/C18H20FN3O3S/c1-2-22(14-8-10-26(24,25)12-14)13-7-9-20-17(11-13)18(23)21-16-6-4-3-5-15(16)19/h3-7,9,11,14H,2,8,10,12H2,1H3,(H,21,23). The number of para-hydroxylation sites is 1. The maximum Gasteiger partial charge on any atom is 0.274 e. The molecule has 3 rings (SSSR count). The van der Waals surface area contributed by atoms with Crippen molar-refractivity contribution < 1.29 is 17.6 Å². The van der Waals surface area contributed by atoms with E-state index in [1.807, 2.05) is 11.8 Å². The van der Waals surface area contributed by atoms with Gasteiger partial charge in [-0.1, -0.05) is 12.1 Å². The fourth-order valence-corrected chi connectivity index (χ4v) is 4.87.